The second kappa shape index (κ2) is 3.93. The van der Waals surface area contributed by atoms with Gasteiger partial charge in [-0.15, -0.1) is 0 Å². The molecule has 0 fully saturated rings. The summed E-state index contributed by atoms with van der Waals surface area (Å²) >= 11 is 0. The Morgan fingerprint density at radius 3 is 2.71 bits per heavy atom. The standard InChI is InChI=1S/C12H13N3O2/c1-7(14-13)10-11(16)8-5-3-4-6-9(8)15(2)12(10)17/h3-6,16H,13H2,1-2H3. The smallest absolute Gasteiger partial charge is 0.263 e. The fraction of sp³-hybridized carbons (Fsp3) is 0.167. The zero-order valence-electron chi connectivity index (χ0n) is 9.64. The van der Waals surface area contributed by atoms with Crippen molar-refractivity contribution in [3.63, 3.8) is 0 Å². The topological polar surface area (TPSA) is 80.6 Å². The van der Waals surface area contributed by atoms with Gasteiger partial charge in [0.1, 0.15) is 11.3 Å². The fourth-order valence-corrected chi connectivity index (χ4v) is 1.87. The number of benzene rings is 1. The van der Waals surface area contributed by atoms with Gasteiger partial charge in [0.05, 0.1) is 11.2 Å². The minimum absolute atomic E-state index is 0.0737. The molecule has 0 radical (unpaired) electrons. The summed E-state index contributed by atoms with van der Waals surface area (Å²) in [5.41, 5.74) is 0.819. The third kappa shape index (κ3) is 1.56. The van der Waals surface area contributed by atoms with Crippen molar-refractivity contribution in [3.8, 4) is 5.75 Å². The van der Waals surface area contributed by atoms with E-state index in [0.717, 1.165) is 0 Å². The van der Waals surface area contributed by atoms with Crippen molar-refractivity contribution in [3.05, 3.63) is 40.2 Å². The number of pyridine rings is 1. The van der Waals surface area contributed by atoms with E-state index in [1.807, 2.05) is 6.07 Å². The van der Waals surface area contributed by atoms with E-state index >= 15 is 0 Å². The van der Waals surface area contributed by atoms with Crippen molar-refractivity contribution in [2.75, 3.05) is 0 Å². The monoisotopic (exact) mass is 231 g/mol. The summed E-state index contributed by atoms with van der Waals surface area (Å²) in [7, 11) is 1.65. The Kier molecular flexibility index (Phi) is 2.59. The molecule has 1 aromatic carbocycles. The summed E-state index contributed by atoms with van der Waals surface area (Å²) in [6.45, 7) is 1.59. The first-order chi connectivity index (χ1) is 8.07. The number of hydrazone groups is 1. The molecule has 0 saturated carbocycles. The third-order valence-corrected chi connectivity index (χ3v) is 2.83. The quantitative estimate of drug-likeness (QED) is 0.435. The van der Waals surface area contributed by atoms with Crippen LogP contribution in [0.5, 0.6) is 5.75 Å². The van der Waals surface area contributed by atoms with Gasteiger partial charge in [-0.25, -0.2) is 0 Å². The molecule has 88 valence electrons. The predicted molar refractivity (Wildman–Crippen MR) is 67.3 cm³/mol. The molecule has 0 aliphatic carbocycles. The maximum absolute atomic E-state index is 12.1. The Labute approximate surface area is 97.8 Å². The van der Waals surface area contributed by atoms with E-state index in [4.69, 9.17) is 5.84 Å². The van der Waals surface area contributed by atoms with Crippen molar-refractivity contribution >= 4 is 16.6 Å². The average Bonchev–Trinajstić information content (AvgIpc) is 2.36. The summed E-state index contributed by atoms with van der Waals surface area (Å²) < 4.78 is 1.47. The number of nitrogens with two attached hydrogens (primary N) is 1. The molecule has 2 rings (SSSR count). The van der Waals surface area contributed by atoms with Gasteiger partial charge < -0.3 is 15.5 Å². The molecule has 2 aromatic rings. The van der Waals surface area contributed by atoms with E-state index in [-0.39, 0.29) is 16.9 Å². The lowest BCUT2D eigenvalue weighted by Crippen LogP contribution is -2.24. The minimum Gasteiger partial charge on any atom is -0.506 e. The van der Waals surface area contributed by atoms with Crippen LogP contribution in [-0.4, -0.2) is 15.4 Å². The highest BCUT2D eigenvalue weighted by Gasteiger charge is 2.16. The number of aromatic nitrogens is 1. The Morgan fingerprint density at radius 1 is 1.41 bits per heavy atom. The van der Waals surface area contributed by atoms with Gasteiger partial charge in [0.25, 0.3) is 5.56 Å². The lowest BCUT2D eigenvalue weighted by Gasteiger charge is -2.10. The Morgan fingerprint density at radius 2 is 2.06 bits per heavy atom. The SMILES string of the molecule is CC(=NN)c1c(O)c2ccccc2n(C)c1=O. The Hall–Kier alpha value is -2.30. The van der Waals surface area contributed by atoms with Crippen molar-refractivity contribution in [2.45, 2.75) is 6.92 Å². The summed E-state index contributed by atoms with van der Waals surface area (Å²) in [6, 6.07) is 7.13. The van der Waals surface area contributed by atoms with Crippen molar-refractivity contribution in [1.29, 1.82) is 0 Å². The lowest BCUT2D eigenvalue weighted by atomic mass is 10.1. The number of rotatable bonds is 1. The molecule has 17 heavy (non-hydrogen) atoms. The number of hydrogen-bond acceptors (Lipinski definition) is 4. The lowest BCUT2D eigenvalue weighted by molar-refractivity contribution is 0.478. The van der Waals surface area contributed by atoms with E-state index < -0.39 is 0 Å². The Balaban J connectivity index is 3.02. The molecule has 5 nitrogen and oxygen atoms in total. The van der Waals surface area contributed by atoms with Crippen LogP contribution >= 0.6 is 0 Å². The number of fused-ring (bicyclic) bond motifs is 1. The zero-order chi connectivity index (χ0) is 12.6. The van der Waals surface area contributed by atoms with Crippen LogP contribution in [0.1, 0.15) is 12.5 Å². The van der Waals surface area contributed by atoms with Gasteiger partial charge in [0.2, 0.25) is 0 Å². The van der Waals surface area contributed by atoms with Crippen LogP contribution in [0.3, 0.4) is 0 Å². The normalized spacial score (nSPS) is 12.0. The van der Waals surface area contributed by atoms with Gasteiger partial charge in [-0.05, 0) is 19.1 Å². The molecule has 5 heteroatoms. The molecule has 0 unspecified atom stereocenters. The first-order valence-electron chi connectivity index (χ1n) is 5.13. The molecule has 3 N–H and O–H groups in total. The van der Waals surface area contributed by atoms with E-state index in [1.54, 1.807) is 32.2 Å². The Bertz CT molecular complexity index is 671. The first kappa shape index (κ1) is 11.2. The number of aryl methyl sites for hydroxylation is 1. The maximum atomic E-state index is 12.1. The van der Waals surface area contributed by atoms with Gasteiger partial charge in [-0.3, -0.25) is 4.79 Å². The van der Waals surface area contributed by atoms with E-state index in [1.165, 1.54) is 4.57 Å². The number of nitrogens with zero attached hydrogens (tertiary/aromatic N) is 2. The van der Waals surface area contributed by atoms with Gasteiger partial charge in [-0.1, -0.05) is 12.1 Å². The van der Waals surface area contributed by atoms with Crippen LogP contribution in [-0.2, 0) is 7.05 Å². The first-order valence-corrected chi connectivity index (χ1v) is 5.13. The van der Waals surface area contributed by atoms with Crippen LogP contribution in [0.2, 0.25) is 0 Å². The highest BCUT2D eigenvalue weighted by molar-refractivity contribution is 6.05. The molecule has 0 aliphatic heterocycles. The van der Waals surface area contributed by atoms with Crippen molar-refractivity contribution in [2.24, 2.45) is 18.0 Å². The summed E-state index contributed by atoms with van der Waals surface area (Å²) in [4.78, 5) is 12.1. The molecule has 0 atom stereocenters. The molecule has 0 bridgehead atoms. The largest absolute Gasteiger partial charge is 0.506 e. The van der Waals surface area contributed by atoms with E-state index in [0.29, 0.717) is 16.6 Å². The zero-order valence-corrected chi connectivity index (χ0v) is 9.64. The van der Waals surface area contributed by atoms with Gasteiger partial charge in [-0.2, -0.15) is 5.10 Å². The van der Waals surface area contributed by atoms with Crippen LogP contribution in [0.25, 0.3) is 10.9 Å². The third-order valence-electron chi connectivity index (χ3n) is 2.83. The van der Waals surface area contributed by atoms with Crippen LogP contribution in [0, 0.1) is 0 Å². The van der Waals surface area contributed by atoms with Gasteiger partial charge in [0.15, 0.2) is 0 Å². The number of aromatic hydroxyl groups is 1. The second-order valence-corrected chi connectivity index (χ2v) is 3.82. The molecule has 1 heterocycles. The highest BCUT2D eigenvalue weighted by Crippen LogP contribution is 2.25. The molecule has 0 aliphatic rings. The molecule has 1 aromatic heterocycles. The number of hydrogen-bond donors (Lipinski definition) is 2. The maximum Gasteiger partial charge on any atom is 0.263 e. The van der Waals surface area contributed by atoms with Crippen molar-refractivity contribution in [1.82, 2.24) is 4.57 Å². The molecule has 0 amide bonds. The summed E-state index contributed by atoms with van der Waals surface area (Å²) in [5.74, 6) is 5.09. The fourth-order valence-electron chi connectivity index (χ4n) is 1.87. The summed E-state index contributed by atoms with van der Waals surface area (Å²) in [6.07, 6.45) is 0. The van der Waals surface area contributed by atoms with Crippen molar-refractivity contribution < 1.29 is 5.11 Å². The minimum atomic E-state index is -0.312. The summed E-state index contributed by atoms with van der Waals surface area (Å²) in [5, 5.41) is 14.2. The highest BCUT2D eigenvalue weighted by atomic mass is 16.3. The predicted octanol–water partition coefficient (Wildman–Crippen LogP) is 0.927. The second-order valence-electron chi connectivity index (χ2n) is 3.82. The average molecular weight is 231 g/mol. The van der Waals surface area contributed by atoms with Crippen LogP contribution in [0.4, 0.5) is 0 Å². The van der Waals surface area contributed by atoms with Crippen LogP contribution < -0.4 is 11.4 Å². The molecular weight excluding hydrogens is 218 g/mol. The van der Waals surface area contributed by atoms with Gasteiger partial charge >= 0.3 is 0 Å². The number of para-hydroxylation sites is 1. The van der Waals surface area contributed by atoms with Crippen LogP contribution in [0.15, 0.2) is 34.2 Å². The molecule has 0 saturated heterocycles. The molecular formula is C12H13N3O2. The van der Waals surface area contributed by atoms with E-state index in [2.05, 4.69) is 5.10 Å². The van der Waals surface area contributed by atoms with E-state index in [9.17, 15) is 9.90 Å². The van der Waals surface area contributed by atoms with Gasteiger partial charge in [0, 0.05) is 12.4 Å². The molecule has 0 spiro atoms.